The van der Waals surface area contributed by atoms with E-state index in [0.717, 1.165) is 12.8 Å². The molecule has 1 N–H and O–H groups in total. The van der Waals surface area contributed by atoms with E-state index in [1.807, 2.05) is 6.92 Å². The van der Waals surface area contributed by atoms with Gasteiger partial charge < -0.3 is 5.11 Å². The second-order valence-corrected chi connectivity index (χ2v) is 3.16. The van der Waals surface area contributed by atoms with E-state index in [1.165, 1.54) is 0 Å². The molecule has 0 spiro atoms. The van der Waals surface area contributed by atoms with E-state index in [1.54, 1.807) is 0 Å². The van der Waals surface area contributed by atoms with E-state index in [9.17, 15) is 4.79 Å². The molecule has 0 rings (SSSR count). The van der Waals surface area contributed by atoms with Gasteiger partial charge in [-0.25, -0.2) is 0 Å². The van der Waals surface area contributed by atoms with Crippen LogP contribution in [0.25, 0.3) is 0 Å². The monoisotopic (exact) mass is 162 g/mol. The zero-order valence-electron chi connectivity index (χ0n) is 6.34. The van der Waals surface area contributed by atoms with E-state index in [-0.39, 0.29) is 18.0 Å². The number of carbonyl (C=O) groups is 1. The van der Waals surface area contributed by atoms with Crippen molar-refractivity contribution in [3.63, 3.8) is 0 Å². The molecule has 3 heteroatoms. The van der Waals surface area contributed by atoms with Crippen LogP contribution in [0.5, 0.6) is 0 Å². The Bertz CT molecular complexity index is 104. The van der Waals surface area contributed by atoms with Gasteiger partial charge in [0.25, 0.3) is 0 Å². The summed E-state index contributed by atoms with van der Waals surface area (Å²) in [5.41, 5.74) is -0.244. The number of hydrogen-bond donors (Lipinski definition) is 1. The Labute approximate surface area is 64.2 Å². The van der Waals surface area contributed by atoms with Crippen molar-refractivity contribution < 1.29 is 9.90 Å². The van der Waals surface area contributed by atoms with Crippen molar-refractivity contribution in [2.75, 3.05) is 6.61 Å². The molecule has 0 amide bonds. The van der Waals surface area contributed by atoms with Gasteiger partial charge in [-0.15, -0.1) is 9.24 Å². The highest BCUT2D eigenvalue weighted by Gasteiger charge is 2.09. The predicted molar refractivity (Wildman–Crippen MR) is 45.1 cm³/mol. The summed E-state index contributed by atoms with van der Waals surface area (Å²) in [5, 5.41) is 8.56. The molecule has 10 heavy (non-hydrogen) atoms. The summed E-state index contributed by atoms with van der Waals surface area (Å²) in [7, 11) is 2.34. The highest BCUT2D eigenvalue weighted by Crippen LogP contribution is 2.05. The van der Waals surface area contributed by atoms with Crippen LogP contribution in [0.3, 0.4) is 0 Å². The van der Waals surface area contributed by atoms with Crippen LogP contribution in [0.4, 0.5) is 0 Å². The summed E-state index contributed by atoms with van der Waals surface area (Å²) < 4.78 is 0. The first-order valence-corrected chi connectivity index (χ1v) is 4.28. The molecule has 0 aliphatic carbocycles. The number of aliphatic hydroxyl groups excluding tert-OH is 1. The fraction of sp³-hybridized carbons (Fsp3) is 0.857. The van der Waals surface area contributed by atoms with Gasteiger partial charge >= 0.3 is 0 Å². The lowest BCUT2D eigenvalue weighted by Crippen LogP contribution is -2.17. The molecule has 0 aliphatic heterocycles. The lowest BCUT2D eigenvalue weighted by Gasteiger charge is -2.04. The third-order valence-corrected chi connectivity index (χ3v) is 1.97. The Morgan fingerprint density at radius 3 is 2.70 bits per heavy atom. The van der Waals surface area contributed by atoms with Gasteiger partial charge in [0.1, 0.15) is 5.78 Å². The number of Topliss-reactive ketones (excluding diaryl/α,β-unsaturated/α-hetero) is 1. The van der Waals surface area contributed by atoms with Crippen LogP contribution in [-0.2, 0) is 4.79 Å². The predicted octanol–water partition coefficient (Wildman–Crippen LogP) is 0.982. The van der Waals surface area contributed by atoms with Crippen LogP contribution in [0.2, 0.25) is 0 Å². The van der Waals surface area contributed by atoms with E-state index >= 15 is 0 Å². The lowest BCUT2D eigenvalue weighted by atomic mass is 10.1. The minimum atomic E-state index is -0.244. The number of rotatable bonds is 5. The van der Waals surface area contributed by atoms with E-state index in [4.69, 9.17) is 5.11 Å². The summed E-state index contributed by atoms with van der Waals surface area (Å²) in [5.74, 6) is 0.148. The average Bonchev–Trinajstić information content (AvgIpc) is 1.98. The normalized spacial score (nSPS) is 13.1. The first kappa shape index (κ1) is 10.1. The molecule has 0 aliphatic rings. The molecule has 2 nitrogen and oxygen atoms in total. The summed E-state index contributed by atoms with van der Waals surface area (Å²) in [4.78, 5) is 11.0. The van der Waals surface area contributed by atoms with Gasteiger partial charge in [0.15, 0.2) is 0 Å². The summed E-state index contributed by atoms with van der Waals surface area (Å²) >= 11 is 0. The fourth-order valence-electron chi connectivity index (χ4n) is 0.638. The van der Waals surface area contributed by atoms with Crippen molar-refractivity contribution in [3.05, 3.63) is 0 Å². The summed E-state index contributed by atoms with van der Waals surface area (Å²) in [6, 6.07) is 0. The smallest absolute Gasteiger partial charge is 0.142 e. The van der Waals surface area contributed by atoms with Gasteiger partial charge in [-0.3, -0.25) is 4.79 Å². The van der Waals surface area contributed by atoms with Crippen LogP contribution >= 0.6 is 9.24 Å². The summed E-state index contributed by atoms with van der Waals surface area (Å²) in [6.07, 6.45) is 2.57. The Kier molecular flexibility index (Phi) is 5.85. The molecule has 0 bridgehead atoms. The Morgan fingerprint density at radius 2 is 2.30 bits per heavy atom. The zero-order chi connectivity index (χ0) is 7.98. The maximum Gasteiger partial charge on any atom is 0.142 e. The third-order valence-electron chi connectivity index (χ3n) is 1.39. The third kappa shape index (κ3) is 3.97. The van der Waals surface area contributed by atoms with Crippen LogP contribution in [-0.4, -0.2) is 23.2 Å². The molecule has 0 fully saturated rings. The van der Waals surface area contributed by atoms with Crippen molar-refractivity contribution in [3.8, 4) is 0 Å². The number of carbonyl (C=O) groups excluding carboxylic acids is 1. The van der Waals surface area contributed by atoms with Gasteiger partial charge in [-0.1, -0.05) is 13.3 Å². The minimum Gasteiger partial charge on any atom is -0.395 e. The molecule has 2 atom stereocenters. The van der Waals surface area contributed by atoms with Crippen LogP contribution in [0.15, 0.2) is 0 Å². The molecule has 0 saturated heterocycles. The van der Waals surface area contributed by atoms with Crippen molar-refractivity contribution in [1.29, 1.82) is 0 Å². The molecule has 0 radical (unpaired) electrons. The highest BCUT2D eigenvalue weighted by atomic mass is 31.0. The van der Waals surface area contributed by atoms with Crippen LogP contribution < -0.4 is 0 Å². The fourth-order valence-corrected chi connectivity index (χ4v) is 0.805. The molecule has 0 saturated carbocycles. The van der Waals surface area contributed by atoms with E-state index < -0.39 is 0 Å². The van der Waals surface area contributed by atoms with Gasteiger partial charge in [0.2, 0.25) is 0 Å². The van der Waals surface area contributed by atoms with E-state index in [0.29, 0.717) is 6.42 Å². The van der Waals surface area contributed by atoms with Gasteiger partial charge in [0.05, 0.1) is 12.3 Å². The van der Waals surface area contributed by atoms with Crippen LogP contribution in [0.1, 0.15) is 26.2 Å². The molecule has 0 aromatic rings. The Hall–Kier alpha value is 0.0600. The number of hydrogen-bond acceptors (Lipinski definition) is 2. The maximum absolute atomic E-state index is 11.0. The zero-order valence-corrected chi connectivity index (χ0v) is 7.49. The lowest BCUT2D eigenvalue weighted by molar-refractivity contribution is -0.119. The average molecular weight is 162 g/mol. The molecule has 0 aromatic carbocycles. The molecular weight excluding hydrogens is 147 g/mol. The molecule has 0 heterocycles. The van der Waals surface area contributed by atoms with Crippen molar-refractivity contribution in [2.24, 2.45) is 0 Å². The SMILES string of the molecule is CCCCC(=O)C(P)CO. The number of aliphatic hydroxyl groups is 1. The second kappa shape index (κ2) is 5.82. The molecule has 0 aromatic heterocycles. The standard InChI is InChI=1S/C7H15O2P/c1-2-3-4-6(9)7(10)5-8/h7-8H,2-5,10H2,1H3. The minimum absolute atomic E-state index is 0.0484. The first-order chi connectivity index (χ1) is 4.72. The summed E-state index contributed by atoms with van der Waals surface area (Å²) in [6.45, 7) is 2.00. The van der Waals surface area contributed by atoms with Gasteiger partial charge in [-0.05, 0) is 6.42 Å². The van der Waals surface area contributed by atoms with Gasteiger partial charge in [0, 0.05) is 6.42 Å². The van der Waals surface area contributed by atoms with Crippen LogP contribution in [0, 0.1) is 0 Å². The van der Waals surface area contributed by atoms with Crippen molar-refractivity contribution >= 4 is 15.0 Å². The second-order valence-electron chi connectivity index (χ2n) is 2.36. The largest absolute Gasteiger partial charge is 0.395 e. The quantitative estimate of drug-likeness (QED) is 0.612. The Morgan fingerprint density at radius 1 is 1.70 bits per heavy atom. The van der Waals surface area contributed by atoms with Gasteiger partial charge in [-0.2, -0.15) is 0 Å². The highest BCUT2D eigenvalue weighted by molar-refractivity contribution is 7.19. The topological polar surface area (TPSA) is 37.3 Å². The Balaban J connectivity index is 3.42. The maximum atomic E-state index is 11.0. The number of unbranched alkanes of at least 4 members (excludes halogenated alkanes) is 1. The number of ketones is 1. The van der Waals surface area contributed by atoms with E-state index in [2.05, 4.69) is 9.24 Å². The first-order valence-electron chi connectivity index (χ1n) is 3.61. The van der Waals surface area contributed by atoms with Crippen molar-refractivity contribution in [1.82, 2.24) is 0 Å². The molecule has 60 valence electrons. The molecule has 2 unspecified atom stereocenters. The molecular formula is C7H15O2P. The van der Waals surface area contributed by atoms with Crippen molar-refractivity contribution in [2.45, 2.75) is 31.8 Å².